The second kappa shape index (κ2) is 6.64. The molecule has 1 fully saturated rings. The maximum Gasteiger partial charge on any atom is 0.218 e. The van der Waals surface area contributed by atoms with Crippen LogP contribution in [0.3, 0.4) is 0 Å². The zero-order valence-corrected chi connectivity index (χ0v) is 16.3. The SMILES string of the molecule is COc1ncc(F)cc1[C@H]1CCCN1C1=NC2=CCN(C(C)(C)C)N2C=C1. The number of hydrazine groups is 1. The zero-order chi connectivity index (χ0) is 19.2. The third-order valence-corrected chi connectivity index (χ3v) is 5.25. The van der Waals surface area contributed by atoms with E-state index in [0.717, 1.165) is 43.2 Å². The van der Waals surface area contributed by atoms with Crippen LogP contribution in [0.4, 0.5) is 4.39 Å². The lowest BCUT2D eigenvalue weighted by Crippen LogP contribution is -2.47. The molecule has 4 rings (SSSR count). The average Bonchev–Trinajstić information content (AvgIpc) is 3.27. The highest BCUT2D eigenvalue weighted by Gasteiger charge is 2.36. The van der Waals surface area contributed by atoms with Crippen molar-refractivity contribution in [3.8, 4) is 5.88 Å². The molecule has 3 aliphatic rings. The summed E-state index contributed by atoms with van der Waals surface area (Å²) < 4.78 is 19.2. The minimum absolute atomic E-state index is 0.0128. The number of methoxy groups -OCH3 is 1. The first-order chi connectivity index (χ1) is 12.9. The van der Waals surface area contributed by atoms with Crippen LogP contribution in [-0.4, -0.2) is 51.5 Å². The quantitative estimate of drug-likeness (QED) is 0.797. The van der Waals surface area contributed by atoms with E-state index in [1.807, 2.05) is 6.08 Å². The zero-order valence-electron chi connectivity index (χ0n) is 16.3. The van der Waals surface area contributed by atoms with Gasteiger partial charge in [0, 0.05) is 30.4 Å². The summed E-state index contributed by atoms with van der Waals surface area (Å²) in [5, 5.41) is 4.39. The van der Waals surface area contributed by atoms with Gasteiger partial charge in [0.2, 0.25) is 5.88 Å². The minimum Gasteiger partial charge on any atom is -0.481 e. The monoisotopic (exact) mass is 371 g/mol. The normalized spacial score (nSPS) is 22.8. The number of ether oxygens (including phenoxy) is 1. The molecular formula is C20H26FN5O. The van der Waals surface area contributed by atoms with Gasteiger partial charge in [0.1, 0.15) is 17.5 Å². The lowest BCUT2D eigenvalue weighted by atomic mass is 10.1. The van der Waals surface area contributed by atoms with Crippen molar-refractivity contribution in [2.75, 3.05) is 20.2 Å². The van der Waals surface area contributed by atoms with Gasteiger partial charge >= 0.3 is 0 Å². The number of aromatic nitrogens is 1. The molecule has 0 N–H and O–H groups in total. The molecule has 0 amide bonds. The van der Waals surface area contributed by atoms with Crippen molar-refractivity contribution in [2.24, 2.45) is 4.99 Å². The van der Waals surface area contributed by atoms with E-state index < -0.39 is 0 Å². The van der Waals surface area contributed by atoms with Gasteiger partial charge < -0.3 is 9.64 Å². The van der Waals surface area contributed by atoms with E-state index in [0.29, 0.717) is 5.88 Å². The van der Waals surface area contributed by atoms with Gasteiger partial charge in [-0.05, 0) is 51.8 Å². The molecule has 0 aromatic carbocycles. The number of rotatable bonds is 2. The van der Waals surface area contributed by atoms with Crippen LogP contribution in [0.5, 0.6) is 5.88 Å². The van der Waals surface area contributed by atoms with Crippen LogP contribution in [0.15, 0.2) is 41.4 Å². The van der Waals surface area contributed by atoms with Crippen molar-refractivity contribution in [3.63, 3.8) is 0 Å². The first kappa shape index (κ1) is 18.0. The van der Waals surface area contributed by atoms with Crippen molar-refractivity contribution in [1.82, 2.24) is 19.9 Å². The number of likely N-dealkylation sites (tertiary alicyclic amines) is 1. The van der Waals surface area contributed by atoms with E-state index in [-0.39, 0.29) is 17.4 Å². The van der Waals surface area contributed by atoms with Crippen LogP contribution in [-0.2, 0) is 0 Å². The third kappa shape index (κ3) is 3.20. The molecular weight excluding hydrogens is 345 g/mol. The van der Waals surface area contributed by atoms with E-state index >= 15 is 0 Å². The van der Waals surface area contributed by atoms with Crippen molar-refractivity contribution in [3.05, 3.63) is 47.8 Å². The predicted octanol–water partition coefficient (Wildman–Crippen LogP) is 3.46. The molecule has 0 unspecified atom stereocenters. The summed E-state index contributed by atoms with van der Waals surface area (Å²) in [6.45, 7) is 8.29. The summed E-state index contributed by atoms with van der Waals surface area (Å²) in [6.07, 6.45) is 9.40. The van der Waals surface area contributed by atoms with Gasteiger partial charge in [-0.2, -0.15) is 0 Å². The number of nitrogens with zero attached hydrogens (tertiary/aromatic N) is 5. The first-order valence-electron chi connectivity index (χ1n) is 9.38. The Labute approximate surface area is 159 Å². The number of amidine groups is 1. The Morgan fingerprint density at radius 2 is 2.11 bits per heavy atom. The van der Waals surface area contributed by atoms with E-state index in [9.17, 15) is 4.39 Å². The smallest absolute Gasteiger partial charge is 0.218 e. The molecule has 7 heteroatoms. The molecule has 0 radical (unpaired) electrons. The molecule has 1 atom stereocenters. The molecule has 1 saturated heterocycles. The first-order valence-corrected chi connectivity index (χ1v) is 9.38. The number of pyridine rings is 1. The maximum atomic E-state index is 13.8. The lowest BCUT2D eigenvalue weighted by Gasteiger charge is -2.40. The van der Waals surface area contributed by atoms with Gasteiger partial charge in [-0.25, -0.2) is 19.4 Å². The van der Waals surface area contributed by atoms with E-state index in [1.54, 1.807) is 7.11 Å². The van der Waals surface area contributed by atoms with Gasteiger partial charge in [-0.1, -0.05) is 0 Å². The molecule has 144 valence electrons. The molecule has 3 aliphatic heterocycles. The van der Waals surface area contributed by atoms with E-state index in [2.05, 4.69) is 52.9 Å². The van der Waals surface area contributed by atoms with Crippen LogP contribution in [0.2, 0.25) is 0 Å². The highest BCUT2D eigenvalue weighted by atomic mass is 19.1. The topological polar surface area (TPSA) is 44.2 Å². The minimum atomic E-state index is -0.343. The Kier molecular flexibility index (Phi) is 4.42. The number of hydrogen-bond donors (Lipinski definition) is 0. The average molecular weight is 371 g/mol. The molecule has 0 aliphatic carbocycles. The molecule has 6 nitrogen and oxygen atoms in total. The largest absolute Gasteiger partial charge is 0.481 e. The van der Waals surface area contributed by atoms with Crippen molar-refractivity contribution < 1.29 is 9.13 Å². The fraction of sp³-hybridized carbons (Fsp3) is 0.500. The Bertz CT molecular complexity index is 826. The second-order valence-electron chi connectivity index (χ2n) is 8.05. The van der Waals surface area contributed by atoms with Crippen LogP contribution in [0.1, 0.15) is 45.2 Å². The van der Waals surface area contributed by atoms with Crippen LogP contribution in [0.25, 0.3) is 0 Å². The standard InChI is InChI=1S/C20H26FN5O/c1-20(2,3)26-11-8-18-23-17(7-10-25(18)26)24-9-5-6-16(24)15-12-14(21)13-22-19(15)27-4/h7-8,10,12-13,16H,5-6,9,11H2,1-4H3/t16-/m1/s1. The van der Waals surface area contributed by atoms with E-state index in [4.69, 9.17) is 9.73 Å². The molecule has 27 heavy (non-hydrogen) atoms. The van der Waals surface area contributed by atoms with Gasteiger partial charge in [0.25, 0.3) is 0 Å². The van der Waals surface area contributed by atoms with Crippen molar-refractivity contribution in [2.45, 2.75) is 45.2 Å². The summed E-state index contributed by atoms with van der Waals surface area (Å²) >= 11 is 0. The summed E-state index contributed by atoms with van der Waals surface area (Å²) in [7, 11) is 1.57. The summed E-state index contributed by atoms with van der Waals surface area (Å²) in [5.41, 5.74) is 0.803. The van der Waals surface area contributed by atoms with Gasteiger partial charge in [0.15, 0.2) is 0 Å². The highest BCUT2D eigenvalue weighted by molar-refractivity contribution is 5.95. The van der Waals surface area contributed by atoms with Gasteiger partial charge in [-0.3, -0.25) is 5.01 Å². The fourth-order valence-electron chi connectivity index (χ4n) is 3.99. The number of halogens is 1. The number of aliphatic imine (C=N–C) groups is 1. The molecule has 0 saturated carbocycles. The highest BCUT2D eigenvalue weighted by Crippen LogP contribution is 2.38. The Hall–Kier alpha value is -2.41. The van der Waals surface area contributed by atoms with E-state index in [1.165, 1.54) is 12.3 Å². The molecule has 0 bridgehead atoms. The third-order valence-electron chi connectivity index (χ3n) is 5.25. The lowest BCUT2D eigenvalue weighted by molar-refractivity contribution is -0.00320. The van der Waals surface area contributed by atoms with Gasteiger partial charge in [0.05, 0.1) is 19.3 Å². The van der Waals surface area contributed by atoms with Crippen molar-refractivity contribution in [1.29, 1.82) is 0 Å². The van der Waals surface area contributed by atoms with Crippen LogP contribution in [0, 0.1) is 5.82 Å². The Morgan fingerprint density at radius 1 is 1.30 bits per heavy atom. The summed E-state index contributed by atoms with van der Waals surface area (Å²) in [4.78, 5) is 11.2. The maximum absolute atomic E-state index is 13.8. The Morgan fingerprint density at radius 3 is 2.85 bits per heavy atom. The predicted molar refractivity (Wildman–Crippen MR) is 102 cm³/mol. The summed E-state index contributed by atoms with van der Waals surface area (Å²) in [6, 6.07) is 1.54. The number of hydrogen-bond acceptors (Lipinski definition) is 6. The molecule has 0 spiro atoms. The second-order valence-corrected chi connectivity index (χ2v) is 8.05. The molecule has 4 heterocycles. The van der Waals surface area contributed by atoms with Crippen LogP contribution < -0.4 is 4.74 Å². The van der Waals surface area contributed by atoms with Crippen LogP contribution >= 0.6 is 0 Å². The molecule has 1 aromatic rings. The number of fused-ring (bicyclic) bond motifs is 1. The fourth-order valence-corrected chi connectivity index (χ4v) is 3.99. The summed E-state index contributed by atoms with van der Waals surface area (Å²) in [5.74, 6) is 1.98. The Balaban J connectivity index is 1.61. The van der Waals surface area contributed by atoms with Crippen molar-refractivity contribution >= 4 is 5.84 Å². The molecule has 1 aromatic heterocycles. The van der Waals surface area contributed by atoms with Gasteiger partial charge in [-0.15, -0.1) is 0 Å².